The van der Waals surface area contributed by atoms with Crippen LogP contribution in [-0.2, 0) is 0 Å². The smallest absolute Gasteiger partial charge is 0.287 e. The maximum absolute atomic E-state index is 12.4. The van der Waals surface area contributed by atoms with Gasteiger partial charge in [0.25, 0.3) is 11.8 Å². The molecule has 150 valence electrons. The SMILES string of the molecule is CCOc1cc(C(=O)NNC(=O)c2cc(-c3ccccc3)n[nH]2)cc(Br)c1OC. The number of hydrazine groups is 1. The molecule has 0 aliphatic heterocycles. The van der Waals surface area contributed by atoms with Gasteiger partial charge >= 0.3 is 0 Å². The molecule has 29 heavy (non-hydrogen) atoms. The van der Waals surface area contributed by atoms with E-state index in [1.807, 2.05) is 37.3 Å². The van der Waals surface area contributed by atoms with Gasteiger partial charge in [-0.15, -0.1) is 0 Å². The summed E-state index contributed by atoms with van der Waals surface area (Å²) in [6.07, 6.45) is 0. The second-order valence-corrected chi connectivity index (χ2v) is 6.72. The molecular formula is C20H19BrN4O4. The van der Waals surface area contributed by atoms with Crippen LogP contribution in [0.4, 0.5) is 0 Å². The molecule has 0 atom stereocenters. The van der Waals surface area contributed by atoms with Gasteiger partial charge in [-0.25, -0.2) is 0 Å². The van der Waals surface area contributed by atoms with E-state index < -0.39 is 11.8 Å². The lowest BCUT2D eigenvalue weighted by molar-refractivity contribution is 0.0843. The quantitative estimate of drug-likeness (QED) is 0.491. The molecule has 2 aromatic carbocycles. The summed E-state index contributed by atoms with van der Waals surface area (Å²) in [6.45, 7) is 2.24. The van der Waals surface area contributed by atoms with E-state index in [2.05, 4.69) is 37.0 Å². The fourth-order valence-corrected chi connectivity index (χ4v) is 3.21. The summed E-state index contributed by atoms with van der Waals surface area (Å²) < 4.78 is 11.3. The van der Waals surface area contributed by atoms with E-state index in [4.69, 9.17) is 9.47 Å². The Morgan fingerprint density at radius 2 is 1.83 bits per heavy atom. The lowest BCUT2D eigenvalue weighted by Crippen LogP contribution is -2.41. The minimum atomic E-state index is -0.523. The van der Waals surface area contributed by atoms with Gasteiger partial charge in [-0.3, -0.25) is 25.5 Å². The molecule has 1 heterocycles. The van der Waals surface area contributed by atoms with Gasteiger partial charge in [-0.2, -0.15) is 5.10 Å². The summed E-state index contributed by atoms with van der Waals surface area (Å²) in [6, 6.07) is 14.2. The molecule has 0 unspecified atom stereocenters. The zero-order valence-electron chi connectivity index (χ0n) is 15.8. The number of methoxy groups -OCH3 is 1. The number of amides is 2. The van der Waals surface area contributed by atoms with Gasteiger partial charge < -0.3 is 9.47 Å². The highest BCUT2D eigenvalue weighted by molar-refractivity contribution is 9.10. The fourth-order valence-electron chi connectivity index (χ4n) is 2.61. The van der Waals surface area contributed by atoms with Crippen molar-refractivity contribution >= 4 is 27.7 Å². The number of nitrogens with one attached hydrogen (secondary N) is 3. The Kier molecular flexibility index (Phi) is 6.50. The van der Waals surface area contributed by atoms with E-state index in [1.165, 1.54) is 13.2 Å². The molecule has 0 fully saturated rings. The number of aromatic nitrogens is 2. The highest BCUT2D eigenvalue weighted by Gasteiger charge is 2.17. The highest BCUT2D eigenvalue weighted by atomic mass is 79.9. The first-order valence-electron chi connectivity index (χ1n) is 8.75. The molecule has 0 saturated heterocycles. The predicted molar refractivity (Wildman–Crippen MR) is 111 cm³/mol. The number of ether oxygens (including phenoxy) is 2. The molecular weight excluding hydrogens is 440 g/mol. The molecule has 0 aliphatic carbocycles. The van der Waals surface area contributed by atoms with Crippen molar-refractivity contribution in [1.82, 2.24) is 21.0 Å². The van der Waals surface area contributed by atoms with Gasteiger partial charge in [-0.05, 0) is 41.1 Å². The van der Waals surface area contributed by atoms with Crippen LogP contribution < -0.4 is 20.3 Å². The van der Waals surface area contributed by atoms with Crippen LogP contribution in [0.5, 0.6) is 11.5 Å². The molecule has 3 N–H and O–H groups in total. The van der Waals surface area contributed by atoms with Crippen LogP contribution in [0.3, 0.4) is 0 Å². The van der Waals surface area contributed by atoms with Crippen molar-refractivity contribution < 1.29 is 19.1 Å². The molecule has 0 radical (unpaired) electrons. The van der Waals surface area contributed by atoms with Crippen LogP contribution in [0.1, 0.15) is 27.8 Å². The summed E-state index contributed by atoms with van der Waals surface area (Å²) in [5.74, 6) is -0.128. The van der Waals surface area contributed by atoms with Crippen molar-refractivity contribution in [3.63, 3.8) is 0 Å². The van der Waals surface area contributed by atoms with Crippen LogP contribution in [0.25, 0.3) is 11.3 Å². The number of halogens is 1. The lowest BCUT2D eigenvalue weighted by atomic mass is 10.1. The van der Waals surface area contributed by atoms with E-state index in [1.54, 1.807) is 12.1 Å². The average molecular weight is 459 g/mol. The first kappa shape index (κ1) is 20.4. The normalized spacial score (nSPS) is 10.3. The Balaban J connectivity index is 1.68. The first-order chi connectivity index (χ1) is 14.0. The maximum Gasteiger partial charge on any atom is 0.287 e. The van der Waals surface area contributed by atoms with E-state index in [0.29, 0.717) is 28.3 Å². The van der Waals surface area contributed by atoms with Crippen LogP contribution in [0, 0.1) is 0 Å². The first-order valence-corrected chi connectivity index (χ1v) is 9.54. The molecule has 0 aliphatic rings. The maximum atomic E-state index is 12.4. The number of carbonyl (C=O) groups is 2. The zero-order chi connectivity index (χ0) is 20.8. The van der Waals surface area contributed by atoms with E-state index in [-0.39, 0.29) is 11.3 Å². The molecule has 1 aromatic heterocycles. The summed E-state index contributed by atoms with van der Waals surface area (Å²) >= 11 is 3.35. The van der Waals surface area contributed by atoms with Crippen molar-refractivity contribution in [2.24, 2.45) is 0 Å². The number of carbonyl (C=O) groups excluding carboxylic acids is 2. The van der Waals surface area contributed by atoms with Crippen LogP contribution in [0.2, 0.25) is 0 Å². The van der Waals surface area contributed by atoms with Gasteiger partial charge in [0, 0.05) is 11.1 Å². The second kappa shape index (κ2) is 9.24. The molecule has 3 rings (SSSR count). The topological polar surface area (TPSA) is 105 Å². The van der Waals surface area contributed by atoms with Gasteiger partial charge in [-0.1, -0.05) is 30.3 Å². The third-order valence-electron chi connectivity index (χ3n) is 3.96. The van der Waals surface area contributed by atoms with Gasteiger partial charge in [0.2, 0.25) is 0 Å². The van der Waals surface area contributed by atoms with E-state index in [0.717, 1.165) is 5.56 Å². The fraction of sp³-hybridized carbons (Fsp3) is 0.150. The van der Waals surface area contributed by atoms with Crippen molar-refractivity contribution in [2.75, 3.05) is 13.7 Å². The molecule has 9 heteroatoms. The molecule has 0 bridgehead atoms. The van der Waals surface area contributed by atoms with Crippen molar-refractivity contribution in [3.05, 3.63) is 64.3 Å². The molecule has 0 saturated carbocycles. The van der Waals surface area contributed by atoms with Crippen molar-refractivity contribution in [1.29, 1.82) is 0 Å². The average Bonchev–Trinajstić information content (AvgIpc) is 3.23. The van der Waals surface area contributed by atoms with Crippen molar-refractivity contribution in [3.8, 4) is 22.8 Å². The highest BCUT2D eigenvalue weighted by Crippen LogP contribution is 2.36. The molecule has 8 nitrogen and oxygen atoms in total. The minimum absolute atomic E-state index is 0.218. The Hall–Kier alpha value is -3.33. The number of hydrogen-bond acceptors (Lipinski definition) is 5. The Morgan fingerprint density at radius 1 is 1.10 bits per heavy atom. The molecule has 0 spiro atoms. The number of rotatable bonds is 6. The standard InChI is InChI=1S/C20H19BrN4O4/c1-3-29-17-10-13(9-14(21)18(17)28-2)19(26)24-25-20(27)16-11-15(22-23-16)12-7-5-4-6-8-12/h4-11H,3H2,1-2H3,(H,22,23)(H,24,26)(H,25,27). The number of H-pyrrole nitrogens is 1. The predicted octanol–water partition coefficient (Wildman–Crippen LogP) is 3.32. The third kappa shape index (κ3) is 4.75. The lowest BCUT2D eigenvalue weighted by Gasteiger charge is -2.13. The number of benzene rings is 2. The van der Waals surface area contributed by atoms with Crippen LogP contribution in [-0.4, -0.2) is 35.7 Å². The number of nitrogens with zero attached hydrogens (tertiary/aromatic N) is 1. The van der Waals surface area contributed by atoms with Gasteiger partial charge in [0.1, 0.15) is 5.69 Å². The van der Waals surface area contributed by atoms with E-state index >= 15 is 0 Å². The molecule has 3 aromatic rings. The molecule has 2 amide bonds. The zero-order valence-corrected chi connectivity index (χ0v) is 17.4. The van der Waals surface area contributed by atoms with Crippen molar-refractivity contribution in [2.45, 2.75) is 6.92 Å². The van der Waals surface area contributed by atoms with Gasteiger partial charge in [0.15, 0.2) is 11.5 Å². The largest absolute Gasteiger partial charge is 0.492 e. The van der Waals surface area contributed by atoms with Gasteiger partial charge in [0.05, 0.1) is 23.9 Å². The Morgan fingerprint density at radius 3 is 2.52 bits per heavy atom. The summed E-state index contributed by atoms with van der Waals surface area (Å²) in [4.78, 5) is 24.8. The van der Waals surface area contributed by atoms with Crippen LogP contribution in [0.15, 0.2) is 53.0 Å². The van der Waals surface area contributed by atoms with E-state index in [9.17, 15) is 9.59 Å². The summed E-state index contributed by atoms with van der Waals surface area (Å²) in [5, 5.41) is 6.78. The summed E-state index contributed by atoms with van der Waals surface area (Å²) in [5.41, 5.74) is 6.75. The second-order valence-electron chi connectivity index (χ2n) is 5.86. The minimum Gasteiger partial charge on any atom is -0.492 e. The monoisotopic (exact) mass is 458 g/mol. The Labute approximate surface area is 175 Å². The number of hydrogen-bond donors (Lipinski definition) is 3. The number of aromatic amines is 1. The third-order valence-corrected chi connectivity index (χ3v) is 4.55. The Bertz CT molecular complexity index is 1020. The summed E-state index contributed by atoms with van der Waals surface area (Å²) in [7, 11) is 1.51. The van der Waals surface area contributed by atoms with Crippen LogP contribution >= 0.6 is 15.9 Å².